The van der Waals surface area contributed by atoms with Gasteiger partial charge in [0.15, 0.2) is 5.78 Å². The predicted octanol–water partition coefficient (Wildman–Crippen LogP) is 4.80. The Morgan fingerprint density at radius 2 is 1.81 bits per heavy atom. The Labute approximate surface area is 156 Å². The maximum atomic E-state index is 13.3. The maximum absolute atomic E-state index is 13.3. The summed E-state index contributed by atoms with van der Waals surface area (Å²) in [5, 5.41) is 0.607. The zero-order valence-electron chi connectivity index (χ0n) is 14.2. The van der Waals surface area contributed by atoms with Crippen molar-refractivity contribution in [3.8, 4) is 0 Å². The molecule has 0 spiro atoms. The van der Waals surface area contributed by atoms with Gasteiger partial charge in [-0.1, -0.05) is 35.9 Å². The van der Waals surface area contributed by atoms with Crippen LogP contribution in [0, 0.1) is 11.7 Å². The summed E-state index contributed by atoms with van der Waals surface area (Å²) in [5.41, 5.74) is 2.43. The fraction of sp³-hybridized carbons (Fsp3) is 0.238. The maximum Gasteiger partial charge on any atom is 0.317 e. The molecule has 134 valence electrons. The monoisotopic (exact) mass is 372 g/mol. The van der Waals surface area contributed by atoms with Gasteiger partial charge in [-0.3, -0.25) is 9.59 Å². The number of ketones is 1. The van der Waals surface area contributed by atoms with E-state index >= 15 is 0 Å². The molecule has 0 N–H and O–H groups in total. The smallest absolute Gasteiger partial charge is 0.317 e. The molecule has 5 heteroatoms. The first-order valence-electron chi connectivity index (χ1n) is 8.42. The molecule has 0 radical (unpaired) electrons. The lowest BCUT2D eigenvalue weighted by atomic mass is 9.73. The van der Waals surface area contributed by atoms with E-state index in [4.69, 9.17) is 16.3 Å². The number of benzene rings is 2. The number of halogens is 2. The number of carbonyl (C=O) groups is 2. The zero-order valence-corrected chi connectivity index (χ0v) is 15.0. The molecule has 0 amide bonds. The molecular formula is C21H18ClFO3. The van der Waals surface area contributed by atoms with Crippen molar-refractivity contribution >= 4 is 28.9 Å². The van der Waals surface area contributed by atoms with Gasteiger partial charge in [-0.15, -0.1) is 0 Å². The van der Waals surface area contributed by atoms with Gasteiger partial charge in [-0.05, 0) is 60.4 Å². The minimum Gasteiger partial charge on any atom is -0.465 e. The average molecular weight is 373 g/mol. The van der Waals surface area contributed by atoms with E-state index in [1.54, 1.807) is 31.2 Å². The number of hydrogen-bond donors (Lipinski definition) is 0. The third-order valence-corrected chi connectivity index (χ3v) is 4.77. The molecule has 0 heterocycles. The number of esters is 1. The fourth-order valence-corrected chi connectivity index (χ4v) is 3.40. The van der Waals surface area contributed by atoms with E-state index in [1.807, 2.05) is 12.1 Å². The molecular weight excluding hydrogens is 355 g/mol. The largest absolute Gasteiger partial charge is 0.465 e. The molecule has 2 aromatic rings. The van der Waals surface area contributed by atoms with Gasteiger partial charge in [-0.25, -0.2) is 4.39 Å². The summed E-state index contributed by atoms with van der Waals surface area (Å²) in [5.74, 6) is -2.53. The lowest BCUT2D eigenvalue weighted by Crippen LogP contribution is -2.34. The Morgan fingerprint density at radius 3 is 2.42 bits per heavy atom. The summed E-state index contributed by atoms with van der Waals surface area (Å²) in [6, 6.07) is 13.1. The van der Waals surface area contributed by atoms with Gasteiger partial charge in [0.2, 0.25) is 0 Å². The molecule has 0 aromatic heterocycles. The van der Waals surface area contributed by atoms with Crippen molar-refractivity contribution in [1.82, 2.24) is 0 Å². The normalized spacial score (nSPS) is 19.8. The van der Waals surface area contributed by atoms with Gasteiger partial charge in [0, 0.05) is 10.9 Å². The van der Waals surface area contributed by atoms with Crippen molar-refractivity contribution in [3.63, 3.8) is 0 Å². The first-order chi connectivity index (χ1) is 12.5. The highest BCUT2D eigenvalue weighted by atomic mass is 35.5. The quantitative estimate of drug-likeness (QED) is 0.572. The Bertz CT molecular complexity index is 841. The van der Waals surface area contributed by atoms with Crippen LogP contribution in [0.2, 0.25) is 5.02 Å². The molecule has 0 fully saturated rings. The number of carbonyl (C=O) groups excluding carboxylic acids is 2. The molecule has 1 aliphatic carbocycles. The molecule has 1 aliphatic rings. The number of ether oxygens (including phenoxy) is 1. The van der Waals surface area contributed by atoms with Crippen LogP contribution in [-0.4, -0.2) is 18.4 Å². The lowest BCUT2D eigenvalue weighted by molar-refractivity contribution is -0.151. The van der Waals surface area contributed by atoms with Crippen LogP contribution in [0.25, 0.3) is 5.57 Å². The van der Waals surface area contributed by atoms with Gasteiger partial charge in [0.1, 0.15) is 11.7 Å². The molecule has 3 nitrogen and oxygen atoms in total. The molecule has 0 unspecified atom stereocenters. The van der Waals surface area contributed by atoms with Crippen LogP contribution in [0.5, 0.6) is 0 Å². The highest BCUT2D eigenvalue weighted by molar-refractivity contribution is 6.30. The number of hydrogen-bond acceptors (Lipinski definition) is 3. The van der Waals surface area contributed by atoms with Crippen molar-refractivity contribution in [2.45, 2.75) is 19.3 Å². The molecule has 26 heavy (non-hydrogen) atoms. The van der Waals surface area contributed by atoms with E-state index in [9.17, 15) is 14.0 Å². The van der Waals surface area contributed by atoms with Gasteiger partial charge in [0.05, 0.1) is 6.61 Å². The molecule has 0 saturated heterocycles. The number of rotatable bonds is 4. The Hall–Kier alpha value is -2.46. The third-order valence-electron chi connectivity index (χ3n) is 4.52. The van der Waals surface area contributed by atoms with E-state index in [-0.39, 0.29) is 18.2 Å². The van der Waals surface area contributed by atoms with Crippen molar-refractivity contribution in [3.05, 3.63) is 76.6 Å². The first kappa shape index (κ1) is 18.3. The van der Waals surface area contributed by atoms with Crippen LogP contribution in [0.4, 0.5) is 4.39 Å². The predicted molar refractivity (Wildman–Crippen MR) is 98.3 cm³/mol. The van der Waals surface area contributed by atoms with Crippen LogP contribution >= 0.6 is 11.6 Å². The SMILES string of the molecule is CCOC(=O)[C@@H]1C(=O)C=C(c2ccc(Cl)cc2)C[C@H]1c1ccc(F)cc1. The van der Waals surface area contributed by atoms with Crippen LogP contribution in [-0.2, 0) is 14.3 Å². The standard InChI is InChI=1S/C21H18ClFO3/c1-2-26-21(25)20-18(14-5-9-17(23)10-6-14)11-15(12-19(20)24)13-3-7-16(22)8-4-13/h3-10,12,18,20H,2,11H2,1H3/t18-,20-/m0/s1. The second-order valence-corrected chi connectivity index (χ2v) is 6.61. The van der Waals surface area contributed by atoms with Crippen molar-refractivity contribution in [2.75, 3.05) is 6.61 Å². The van der Waals surface area contributed by atoms with E-state index < -0.39 is 17.8 Å². The summed E-state index contributed by atoms with van der Waals surface area (Å²) in [6.45, 7) is 1.90. The van der Waals surface area contributed by atoms with Crippen LogP contribution in [0.3, 0.4) is 0 Å². The van der Waals surface area contributed by atoms with Gasteiger partial charge < -0.3 is 4.74 Å². The third kappa shape index (κ3) is 3.86. The highest BCUT2D eigenvalue weighted by Gasteiger charge is 2.39. The fourth-order valence-electron chi connectivity index (χ4n) is 3.27. The van der Waals surface area contributed by atoms with E-state index in [0.29, 0.717) is 11.4 Å². The van der Waals surface area contributed by atoms with Crippen LogP contribution in [0.1, 0.15) is 30.4 Å². The summed E-state index contributed by atoms with van der Waals surface area (Å²) in [7, 11) is 0. The summed E-state index contributed by atoms with van der Waals surface area (Å²) < 4.78 is 18.4. The highest BCUT2D eigenvalue weighted by Crippen LogP contribution is 2.40. The molecule has 2 atom stereocenters. The van der Waals surface area contributed by atoms with Crippen molar-refractivity contribution in [1.29, 1.82) is 0 Å². The molecule has 3 rings (SSSR count). The summed E-state index contributed by atoms with van der Waals surface area (Å²) in [6.07, 6.45) is 1.98. The second-order valence-electron chi connectivity index (χ2n) is 6.17. The summed E-state index contributed by atoms with van der Waals surface area (Å²) in [4.78, 5) is 25.1. The number of allylic oxidation sites excluding steroid dienone is 2. The lowest BCUT2D eigenvalue weighted by Gasteiger charge is -2.29. The topological polar surface area (TPSA) is 43.4 Å². The first-order valence-corrected chi connectivity index (χ1v) is 8.80. The molecule has 0 aliphatic heterocycles. The van der Waals surface area contributed by atoms with Gasteiger partial charge in [-0.2, -0.15) is 0 Å². The van der Waals surface area contributed by atoms with Crippen molar-refractivity contribution in [2.24, 2.45) is 5.92 Å². The Morgan fingerprint density at radius 1 is 1.15 bits per heavy atom. The minimum absolute atomic E-state index is 0.201. The molecule has 2 aromatic carbocycles. The Balaban J connectivity index is 2.01. The Kier molecular flexibility index (Phi) is 5.52. The molecule has 0 saturated carbocycles. The van der Waals surface area contributed by atoms with E-state index in [1.165, 1.54) is 18.2 Å². The summed E-state index contributed by atoms with van der Waals surface area (Å²) >= 11 is 5.94. The van der Waals surface area contributed by atoms with E-state index in [2.05, 4.69) is 0 Å². The van der Waals surface area contributed by atoms with Crippen LogP contribution in [0.15, 0.2) is 54.6 Å². The minimum atomic E-state index is -0.920. The molecule has 0 bridgehead atoms. The second kappa shape index (κ2) is 7.83. The van der Waals surface area contributed by atoms with Crippen LogP contribution < -0.4 is 0 Å². The average Bonchev–Trinajstić information content (AvgIpc) is 2.62. The van der Waals surface area contributed by atoms with Gasteiger partial charge >= 0.3 is 5.97 Å². The zero-order chi connectivity index (χ0) is 18.7. The van der Waals surface area contributed by atoms with E-state index in [0.717, 1.165) is 16.7 Å². The van der Waals surface area contributed by atoms with Gasteiger partial charge in [0.25, 0.3) is 0 Å². The van der Waals surface area contributed by atoms with Crippen molar-refractivity contribution < 1.29 is 18.7 Å².